The molecule has 13 nitrogen and oxygen atoms in total. The largest absolute Gasteiger partial charge is 0.507 e. The van der Waals surface area contributed by atoms with Crippen LogP contribution in [-0.2, 0) is 62.6 Å². The molecule has 3 N–H and O–H groups in total. The second-order valence-corrected chi connectivity index (χ2v) is 33.9. The van der Waals surface area contributed by atoms with Crippen LogP contribution in [0.4, 0.5) is 0 Å². The summed E-state index contributed by atoms with van der Waals surface area (Å²) in [6.45, 7) is 44.9. The number of halogens is 2. The van der Waals surface area contributed by atoms with Crippen molar-refractivity contribution in [3.63, 3.8) is 0 Å². The van der Waals surface area contributed by atoms with Crippen LogP contribution >= 0.6 is 23.2 Å². The molecule has 0 aliphatic carbocycles. The van der Waals surface area contributed by atoms with Crippen LogP contribution in [0.15, 0.2) is 46.2 Å². The third kappa shape index (κ3) is 15.7. The summed E-state index contributed by atoms with van der Waals surface area (Å²) in [5.41, 5.74) is 8.54. The van der Waals surface area contributed by atoms with Gasteiger partial charge in [0.05, 0.1) is 34.5 Å². The van der Waals surface area contributed by atoms with E-state index < -0.39 is 46.8 Å². The van der Waals surface area contributed by atoms with Crippen molar-refractivity contribution in [2.24, 2.45) is 0 Å². The first-order chi connectivity index (χ1) is 37.0. The number of sulfonamides is 3. The number of nitrogens with zero attached hydrogens (tertiary/aromatic N) is 3. The molecule has 3 aromatic rings. The maximum Gasteiger partial charge on any atom is 0.239 e. The van der Waals surface area contributed by atoms with Crippen LogP contribution in [-0.4, -0.2) is 117 Å². The Morgan fingerprint density at radius 1 is 0.642 bits per heavy atom. The Morgan fingerprint density at radius 2 is 1.07 bits per heavy atom. The molecule has 458 valence electrons. The average molecular weight is 1230 g/mol. The molecular weight excluding hydrogens is 1130 g/mol. The minimum Gasteiger partial charge on any atom is -0.507 e. The number of rotatable bonds is 11. The van der Waals surface area contributed by atoms with E-state index in [1.165, 1.54) is 30.9 Å². The highest BCUT2D eigenvalue weighted by atomic mass is 35.5. The molecule has 0 aromatic heterocycles. The summed E-state index contributed by atoms with van der Waals surface area (Å²) in [4.78, 5) is 0.920. The van der Waals surface area contributed by atoms with Crippen molar-refractivity contribution in [1.82, 2.24) is 12.9 Å². The molecule has 7 rings (SSSR count). The summed E-state index contributed by atoms with van der Waals surface area (Å²) in [7, 11) is -10.2. The highest BCUT2D eigenvalue weighted by molar-refractivity contribution is 7.93. The van der Waals surface area contributed by atoms with E-state index in [2.05, 4.69) is 95.2 Å². The first kappa shape index (κ1) is 70.5. The van der Waals surface area contributed by atoms with E-state index in [0.717, 1.165) is 40.0 Å². The van der Waals surface area contributed by atoms with E-state index in [0.29, 0.717) is 80.5 Å². The van der Waals surface area contributed by atoms with Crippen molar-refractivity contribution in [1.29, 1.82) is 0 Å². The zero-order valence-corrected chi connectivity index (χ0v) is 56.4. The van der Waals surface area contributed by atoms with Gasteiger partial charge in [-0.05, 0) is 124 Å². The van der Waals surface area contributed by atoms with E-state index >= 15 is 0 Å². The maximum absolute atomic E-state index is 12.8. The molecule has 0 spiro atoms. The smallest absolute Gasteiger partial charge is 0.239 e. The maximum atomic E-state index is 12.8. The minimum absolute atomic E-state index is 0.0379. The summed E-state index contributed by atoms with van der Waals surface area (Å²) in [5, 5.41) is 31.1. The monoisotopic (exact) mass is 1220 g/mol. The van der Waals surface area contributed by atoms with Crippen LogP contribution in [0.3, 0.4) is 0 Å². The number of phenolic OH excluding ortho intramolecular Hbond substituents is 1. The third-order valence-electron chi connectivity index (χ3n) is 16.5. The van der Waals surface area contributed by atoms with Gasteiger partial charge in [-0.1, -0.05) is 144 Å². The van der Waals surface area contributed by atoms with E-state index in [1.54, 1.807) is 16.4 Å². The van der Waals surface area contributed by atoms with Gasteiger partial charge in [0.2, 0.25) is 30.1 Å². The number of aliphatic hydroxyl groups is 2. The topological polar surface area (TPSA) is 182 Å². The molecule has 3 fully saturated rings. The van der Waals surface area contributed by atoms with Gasteiger partial charge in [0.25, 0.3) is 0 Å². The van der Waals surface area contributed by atoms with E-state index in [1.807, 2.05) is 79.7 Å². The molecular formula is C63H99Cl2N3O10S3. The van der Waals surface area contributed by atoms with Gasteiger partial charge >= 0.3 is 0 Å². The molecule has 18 heteroatoms. The predicted molar refractivity (Wildman–Crippen MR) is 337 cm³/mol. The normalized spacial score (nSPS) is 21.4. The van der Waals surface area contributed by atoms with Crippen LogP contribution in [0, 0.1) is 6.92 Å². The van der Waals surface area contributed by atoms with Crippen molar-refractivity contribution < 1.29 is 45.3 Å². The fraction of sp³-hybridized carbons (Fsp3) is 0.651. The van der Waals surface area contributed by atoms with E-state index in [9.17, 15) is 40.6 Å². The van der Waals surface area contributed by atoms with Gasteiger partial charge in [0, 0.05) is 72.4 Å². The number of fused-ring (bicyclic) bond motifs is 1. The number of aromatic hydroxyl groups is 1. The Bertz CT molecular complexity index is 3130. The zero-order valence-electron chi connectivity index (χ0n) is 52.5. The molecule has 3 aromatic carbocycles. The Kier molecular flexibility index (Phi) is 22.9. The molecule has 3 saturated heterocycles. The van der Waals surface area contributed by atoms with Gasteiger partial charge in [-0.2, -0.15) is 8.61 Å². The molecule has 2 unspecified atom stereocenters. The van der Waals surface area contributed by atoms with Gasteiger partial charge in [-0.15, -0.1) is 23.2 Å². The van der Waals surface area contributed by atoms with Gasteiger partial charge in [-0.25, -0.2) is 29.6 Å². The Hall–Kier alpha value is -3.03. The summed E-state index contributed by atoms with van der Waals surface area (Å²) in [5.74, 6) is 1.15. The summed E-state index contributed by atoms with van der Waals surface area (Å²) in [6.07, 6.45) is 5.08. The van der Waals surface area contributed by atoms with Crippen molar-refractivity contribution in [3.05, 3.63) is 102 Å². The highest BCUT2D eigenvalue weighted by Gasteiger charge is 2.44. The molecule has 4 aliphatic heterocycles. The second kappa shape index (κ2) is 26.3. The third-order valence-corrected chi connectivity index (χ3v) is 23.1. The quantitative estimate of drug-likeness (QED) is 0.156. The Balaban J connectivity index is 0.000000255. The molecule has 81 heavy (non-hydrogen) atoms. The first-order valence-corrected chi connectivity index (χ1v) is 34.1. The van der Waals surface area contributed by atoms with Crippen LogP contribution in [0.25, 0.3) is 12.2 Å². The second-order valence-electron chi connectivity index (χ2n) is 27.0. The lowest BCUT2D eigenvalue weighted by atomic mass is 9.73. The van der Waals surface area contributed by atoms with Crippen molar-refractivity contribution in [3.8, 4) is 11.5 Å². The minimum atomic E-state index is -3.45. The number of phenols is 1. The molecule has 0 amide bonds. The fourth-order valence-corrected chi connectivity index (χ4v) is 16.3. The average Bonchev–Trinajstić information content (AvgIpc) is 4.04. The number of hydrogen-bond acceptors (Lipinski definition) is 10. The predicted octanol–water partition coefficient (Wildman–Crippen LogP) is 13.3. The van der Waals surface area contributed by atoms with Gasteiger partial charge in [0.15, 0.2) is 0 Å². The van der Waals surface area contributed by atoms with Crippen molar-refractivity contribution in [2.45, 2.75) is 208 Å². The van der Waals surface area contributed by atoms with Gasteiger partial charge in [0.1, 0.15) is 16.7 Å². The summed E-state index contributed by atoms with van der Waals surface area (Å²) >= 11 is 9.53. The zero-order chi connectivity index (χ0) is 62.0. The number of ether oxygens (including phenoxy) is 1. The van der Waals surface area contributed by atoms with Crippen molar-refractivity contribution >= 4 is 65.4 Å². The van der Waals surface area contributed by atoms with E-state index in [-0.39, 0.29) is 44.8 Å². The Labute approximate surface area is 499 Å². The lowest BCUT2D eigenvalue weighted by molar-refractivity contribution is 0.170. The van der Waals surface area contributed by atoms with Crippen LogP contribution in [0.5, 0.6) is 11.5 Å². The molecule has 4 aliphatic rings. The SMILES string of the molecule is CCN1CC/C(=C\c2cc(C(C)(C)C)c(O)c(C(C)(C)CO)c2)S1(=O)=O.CCN1CC/C(=C\c2cc(C(C)(C)C)c3c(c2)C(C)(C)CO3)S1(=O)=O.CCN1CCC(C(O)c2cc(C(C)(C)C)c(C)c(C(C)(C)CC)c2)S1(=O)=O.ClCCl. The summed E-state index contributed by atoms with van der Waals surface area (Å²) in [6, 6.07) is 11.9. The van der Waals surface area contributed by atoms with E-state index in [4.69, 9.17) is 27.9 Å². The van der Waals surface area contributed by atoms with Crippen molar-refractivity contribution in [2.75, 3.05) is 57.8 Å². The summed E-state index contributed by atoms with van der Waals surface area (Å²) < 4.78 is 86.5. The molecule has 2 atom stereocenters. The highest BCUT2D eigenvalue weighted by Crippen LogP contribution is 2.47. The first-order valence-electron chi connectivity index (χ1n) is 28.7. The Morgan fingerprint density at radius 3 is 1.48 bits per heavy atom. The van der Waals surface area contributed by atoms with Crippen LogP contribution in [0.1, 0.15) is 219 Å². The van der Waals surface area contributed by atoms with Crippen LogP contribution < -0.4 is 4.74 Å². The lowest BCUT2D eigenvalue weighted by Gasteiger charge is -2.32. The standard InChI is InChI=1S/C22H37NO3S.C20H31NO4S.C20H29NO3S.CH2Cl2/c1-9-22(7,8)18-14-16(13-17(15(18)3)21(4,5)6)20(24)19-11-12-23(10-2)27(19,25)26;1-7-21-9-8-15(26(21,24)25)10-14-11-16(19(2,3)4)18(23)17(12-14)20(5,6)13-22;1-7-21-9-8-15(25(21,22)23)10-14-11-16(19(2,3)4)18-17(12-14)20(5,6)13-24-18;2-1-3/h13-14,19-20,24H,9-12H2,1-8H3;10-12,22-23H,7-9,13H2,1-6H3;10-12H,7-9,13H2,1-6H3;1H2/b;2*15-10+;. The fourth-order valence-electron chi connectivity index (χ4n) is 11.0. The molecule has 4 heterocycles. The molecule has 0 saturated carbocycles. The number of hydrogen-bond donors (Lipinski definition) is 3. The number of benzene rings is 3. The van der Waals surface area contributed by atoms with Crippen LogP contribution in [0.2, 0.25) is 0 Å². The lowest BCUT2D eigenvalue weighted by Crippen LogP contribution is -2.33. The number of alkyl halides is 2. The number of aliphatic hydroxyl groups excluding tert-OH is 2. The van der Waals surface area contributed by atoms with Gasteiger partial charge < -0.3 is 20.1 Å². The molecule has 0 radical (unpaired) electrons. The van der Waals surface area contributed by atoms with Gasteiger partial charge in [-0.3, -0.25) is 0 Å². The molecule has 0 bridgehead atoms.